The summed E-state index contributed by atoms with van der Waals surface area (Å²) >= 11 is 0. The van der Waals surface area contributed by atoms with Crippen LogP contribution in [0.4, 0.5) is 0 Å². The fraction of sp³-hybridized carbons (Fsp3) is 1.00. The molecule has 0 spiro atoms. The molecule has 0 aliphatic heterocycles. The molecule has 1 nitrogen and oxygen atoms in total. The Hall–Kier alpha value is -0.0400. The van der Waals surface area contributed by atoms with E-state index in [0.29, 0.717) is 0 Å². The minimum atomic E-state index is 0. The van der Waals surface area contributed by atoms with Gasteiger partial charge >= 0.3 is 0 Å². The fourth-order valence-corrected chi connectivity index (χ4v) is 1.95. The maximum absolute atomic E-state index is 2.39. The minimum absolute atomic E-state index is 0. The van der Waals surface area contributed by atoms with Crippen LogP contribution in [-0.4, -0.2) is 5.48 Å². The van der Waals surface area contributed by atoms with Gasteiger partial charge in [-0.05, 0) is 30.6 Å². The van der Waals surface area contributed by atoms with E-state index in [1.807, 2.05) is 0 Å². The van der Waals surface area contributed by atoms with Gasteiger partial charge < -0.3 is 5.48 Å². The van der Waals surface area contributed by atoms with Gasteiger partial charge in [-0.15, -0.1) is 0 Å². The lowest BCUT2D eigenvalue weighted by atomic mass is 9.78. The number of rotatable bonds is 1. The third kappa shape index (κ3) is 3.24. The zero-order chi connectivity index (χ0) is 7.56. The topological polar surface area (TPSA) is 31.5 Å². The Bertz CT molecular complexity index is 91.0. The summed E-state index contributed by atoms with van der Waals surface area (Å²) in [5.74, 6) is 2.97. The van der Waals surface area contributed by atoms with Gasteiger partial charge in [-0.2, -0.15) is 0 Å². The van der Waals surface area contributed by atoms with Gasteiger partial charge in [-0.3, -0.25) is 0 Å². The molecule has 1 aliphatic carbocycles. The molecule has 0 atom stereocenters. The van der Waals surface area contributed by atoms with Gasteiger partial charge in [0.2, 0.25) is 0 Å². The van der Waals surface area contributed by atoms with Crippen LogP contribution in [0.25, 0.3) is 0 Å². The molecule has 0 aromatic rings. The van der Waals surface area contributed by atoms with E-state index in [1.54, 1.807) is 0 Å². The SMILES string of the molecule is CC1CCC(C(C)C)CC1.O. The Kier molecular flexibility index (Phi) is 4.74. The lowest BCUT2D eigenvalue weighted by Crippen LogP contribution is -2.16. The van der Waals surface area contributed by atoms with Crippen molar-refractivity contribution in [1.82, 2.24) is 0 Å². The summed E-state index contributed by atoms with van der Waals surface area (Å²) in [5.41, 5.74) is 0. The van der Waals surface area contributed by atoms with Crippen molar-refractivity contribution < 1.29 is 5.48 Å². The van der Waals surface area contributed by atoms with Crippen LogP contribution in [0.2, 0.25) is 0 Å². The van der Waals surface area contributed by atoms with Gasteiger partial charge in [0.05, 0.1) is 0 Å². The van der Waals surface area contributed by atoms with Gasteiger partial charge in [-0.1, -0.05) is 33.6 Å². The van der Waals surface area contributed by atoms with E-state index < -0.39 is 0 Å². The smallest absolute Gasteiger partial charge is 0.0391 e. The van der Waals surface area contributed by atoms with Crippen LogP contribution >= 0.6 is 0 Å². The molecule has 68 valence electrons. The Morgan fingerprint density at radius 3 is 1.82 bits per heavy atom. The molecular formula is C10H22O. The molecule has 2 N–H and O–H groups in total. The predicted octanol–water partition coefficient (Wildman–Crippen LogP) is 2.64. The standard InChI is InChI=1S/C10H20.H2O/c1-8(2)10-6-4-9(3)5-7-10;/h8-10H,4-7H2,1-3H3;1H2. The van der Waals surface area contributed by atoms with E-state index >= 15 is 0 Å². The van der Waals surface area contributed by atoms with Crippen LogP contribution in [-0.2, 0) is 0 Å². The Labute approximate surface area is 70.5 Å². The van der Waals surface area contributed by atoms with Crippen LogP contribution in [0.5, 0.6) is 0 Å². The summed E-state index contributed by atoms with van der Waals surface area (Å²) in [4.78, 5) is 0. The monoisotopic (exact) mass is 158 g/mol. The van der Waals surface area contributed by atoms with Crippen molar-refractivity contribution in [2.75, 3.05) is 0 Å². The fourth-order valence-electron chi connectivity index (χ4n) is 1.95. The molecule has 0 unspecified atom stereocenters. The van der Waals surface area contributed by atoms with Gasteiger partial charge in [0.25, 0.3) is 0 Å². The zero-order valence-corrected chi connectivity index (χ0v) is 8.06. The first-order valence-corrected chi connectivity index (χ1v) is 4.70. The van der Waals surface area contributed by atoms with Crippen molar-refractivity contribution in [3.8, 4) is 0 Å². The first kappa shape index (κ1) is 11.0. The highest BCUT2D eigenvalue weighted by Gasteiger charge is 2.19. The van der Waals surface area contributed by atoms with E-state index in [9.17, 15) is 0 Å². The first-order chi connectivity index (χ1) is 4.70. The summed E-state index contributed by atoms with van der Waals surface area (Å²) < 4.78 is 0. The van der Waals surface area contributed by atoms with Gasteiger partial charge in [0, 0.05) is 0 Å². The van der Waals surface area contributed by atoms with Crippen molar-refractivity contribution in [3.05, 3.63) is 0 Å². The number of hydrogen-bond acceptors (Lipinski definition) is 0. The highest BCUT2D eigenvalue weighted by Crippen LogP contribution is 2.32. The molecule has 0 aromatic carbocycles. The Balaban J connectivity index is 0.000001000. The zero-order valence-electron chi connectivity index (χ0n) is 8.06. The van der Waals surface area contributed by atoms with E-state index in [-0.39, 0.29) is 5.48 Å². The largest absolute Gasteiger partial charge is 0.412 e. The lowest BCUT2D eigenvalue weighted by molar-refractivity contribution is 0.234. The van der Waals surface area contributed by atoms with Crippen LogP contribution in [0.1, 0.15) is 46.5 Å². The van der Waals surface area contributed by atoms with Crippen molar-refractivity contribution in [2.24, 2.45) is 17.8 Å². The predicted molar refractivity (Wildman–Crippen MR) is 49.6 cm³/mol. The summed E-state index contributed by atoms with van der Waals surface area (Å²) in [6, 6.07) is 0. The normalized spacial score (nSPS) is 31.6. The highest BCUT2D eigenvalue weighted by molar-refractivity contribution is 4.71. The first-order valence-electron chi connectivity index (χ1n) is 4.70. The van der Waals surface area contributed by atoms with Gasteiger partial charge in [0.1, 0.15) is 0 Å². The second kappa shape index (κ2) is 4.76. The third-order valence-electron chi connectivity index (χ3n) is 3.00. The van der Waals surface area contributed by atoms with Crippen LogP contribution < -0.4 is 0 Å². The lowest BCUT2D eigenvalue weighted by Gasteiger charge is -2.28. The van der Waals surface area contributed by atoms with E-state index in [1.165, 1.54) is 25.7 Å². The summed E-state index contributed by atoms with van der Waals surface area (Å²) in [6.45, 7) is 7.11. The molecule has 11 heavy (non-hydrogen) atoms. The minimum Gasteiger partial charge on any atom is -0.412 e. The van der Waals surface area contributed by atoms with E-state index in [2.05, 4.69) is 20.8 Å². The quantitative estimate of drug-likeness (QED) is 0.562. The maximum atomic E-state index is 2.39. The van der Waals surface area contributed by atoms with E-state index in [0.717, 1.165) is 17.8 Å². The van der Waals surface area contributed by atoms with Gasteiger partial charge in [0.15, 0.2) is 0 Å². The van der Waals surface area contributed by atoms with E-state index in [4.69, 9.17) is 0 Å². The average molecular weight is 158 g/mol. The molecule has 1 heteroatoms. The maximum Gasteiger partial charge on any atom is -0.0391 e. The average Bonchev–Trinajstić information content (AvgIpc) is 1.88. The summed E-state index contributed by atoms with van der Waals surface area (Å²) in [6.07, 6.45) is 5.92. The molecule has 1 saturated carbocycles. The van der Waals surface area contributed by atoms with Crippen molar-refractivity contribution in [3.63, 3.8) is 0 Å². The second-order valence-corrected chi connectivity index (χ2v) is 4.26. The van der Waals surface area contributed by atoms with Crippen molar-refractivity contribution in [1.29, 1.82) is 0 Å². The molecule has 0 radical (unpaired) electrons. The molecule has 0 heterocycles. The molecule has 0 saturated heterocycles. The van der Waals surface area contributed by atoms with Gasteiger partial charge in [-0.25, -0.2) is 0 Å². The molecule has 1 aliphatic rings. The Morgan fingerprint density at radius 1 is 1.00 bits per heavy atom. The Morgan fingerprint density at radius 2 is 1.45 bits per heavy atom. The van der Waals surface area contributed by atoms with Crippen molar-refractivity contribution >= 4 is 0 Å². The molecule has 0 bridgehead atoms. The molecule has 1 rings (SSSR count). The molecular weight excluding hydrogens is 136 g/mol. The third-order valence-corrected chi connectivity index (χ3v) is 3.00. The molecule has 0 amide bonds. The molecule has 1 fully saturated rings. The van der Waals surface area contributed by atoms with Crippen molar-refractivity contribution in [2.45, 2.75) is 46.5 Å². The highest BCUT2D eigenvalue weighted by atomic mass is 16.0. The number of hydrogen-bond donors (Lipinski definition) is 0. The van der Waals surface area contributed by atoms with Crippen LogP contribution in [0, 0.1) is 17.8 Å². The summed E-state index contributed by atoms with van der Waals surface area (Å²) in [5, 5.41) is 0. The van der Waals surface area contributed by atoms with Crippen LogP contribution in [0.15, 0.2) is 0 Å². The summed E-state index contributed by atoms with van der Waals surface area (Å²) in [7, 11) is 0. The van der Waals surface area contributed by atoms with Crippen LogP contribution in [0.3, 0.4) is 0 Å². The molecule has 0 aromatic heterocycles. The second-order valence-electron chi connectivity index (χ2n) is 4.26.